The number of carbonyl (C=O) groups excluding carboxylic acids is 1. The van der Waals surface area contributed by atoms with Crippen molar-refractivity contribution in [2.45, 2.75) is 13.0 Å². The van der Waals surface area contributed by atoms with Gasteiger partial charge < -0.3 is 20.1 Å². The molecule has 0 saturated carbocycles. The second-order valence-electron chi connectivity index (χ2n) is 4.87. The van der Waals surface area contributed by atoms with E-state index in [0.717, 1.165) is 18.7 Å². The summed E-state index contributed by atoms with van der Waals surface area (Å²) in [6.07, 6.45) is -0.0518. The second-order valence-corrected chi connectivity index (χ2v) is 4.87. The molecule has 1 heterocycles. The van der Waals surface area contributed by atoms with Crippen LogP contribution >= 0.6 is 0 Å². The lowest BCUT2D eigenvalue weighted by Gasteiger charge is -2.29. The molecular weight excluding hydrogens is 244 g/mol. The summed E-state index contributed by atoms with van der Waals surface area (Å²) in [6, 6.07) is 5.25. The Balaban J connectivity index is 1.92. The van der Waals surface area contributed by atoms with Crippen molar-refractivity contribution >= 4 is 11.7 Å². The number of ether oxygens (including phenoxy) is 2. The number of benzene rings is 1. The van der Waals surface area contributed by atoms with E-state index in [1.807, 2.05) is 14.0 Å². The smallest absolute Gasteiger partial charge is 0.338 e. The number of esters is 1. The molecule has 1 aromatic carbocycles. The molecule has 0 radical (unpaired) electrons. The first kappa shape index (κ1) is 13.8. The van der Waals surface area contributed by atoms with Crippen LogP contribution in [-0.4, -0.2) is 50.3 Å². The highest BCUT2D eigenvalue weighted by atomic mass is 16.6. The van der Waals surface area contributed by atoms with Gasteiger partial charge in [0.2, 0.25) is 0 Å². The molecule has 0 spiro atoms. The highest BCUT2D eigenvalue weighted by Crippen LogP contribution is 2.16. The van der Waals surface area contributed by atoms with Crippen LogP contribution < -0.4 is 5.73 Å². The molecule has 1 atom stereocenters. The molecule has 0 bridgehead atoms. The molecule has 1 aliphatic heterocycles. The van der Waals surface area contributed by atoms with Gasteiger partial charge in [-0.3, -0.25) is 0 Å². The molecule has 0 amide bonds. The van der Waals surface area contributed by atoms with Crippen molar-refractivity contribution in [3.8, 4) is 0 Å². The molecule has 2 N–H and O–H groups in total. The normalized spacial score (nSPS) is 20.2. The fraction of sp³-hybridized carbons (Fsp3) is 0.500. The summed E-state index contributed by atoms with van der Waals surface area (Å²) in [6.45, 7) is 4.46. The van der Waals surface area contributed by atoms with Gasteiger partial charge in [-0.1, -0.05) is 6.07 Å². The van der Waals surface area contributed by atoms with Crippen LogP contribution in [0.3, 0.4) is 0 Å². The first-order valence-electron chi connectivity index (χ1n) is 6.40. The molecule has 104 valence electrons. The van der Waals surface area contributed by atoms with Gasteiger partial charge in [0.25, 0.3) is 0 Å². The average molecular weight is 264 g/mol. The van der Waals surface area contributed by atoms with Gasteiger partial charge in [-0.2, -0.15) is 0 Å². The van der Waals surface area contributed by atoms with E-state index in [1.54, 1.807) is 18.2 Å². The van der Waals surface area contributed by atoms with Crippen molar-refractivity contribution in [3.05, 3.63) is 29.3 Å². The van der Waals surface area contributed by atoms with Crippen molar-refractivity contribution in [2.75, 3.05) is 39.1 Å². The van der Waals surface area contributed by atoms with E-state index in [1.165, 1.54) is 0 Å². The lowest BCUT2D eigenvalue weighted by Crippen LogP contribution is -2.42. The second kappa shape index (κ2) is 6.04. The summed E-state index contributed by atoms with van der Waals surface area (Å²) >= 11 is 0. The highest BCUT2D eigenvalue weighted by molar-refractivity contribution is 5.92. The Hall–Kier alpha value is -1.59. The number of rotatable bonds is 3. The summed E-state index contributed by atoms with van der Waals surface area (Å²) in [7, 11) is 2.03. The number of carbonyl (C=O) groups is 1. The van der Waals surface area contributed by atoms with Gasteiger partial charge in [-0.05, 0) is 31.7 Å². The van der Waals surface area contributed by atoms with Crippen LogP contribution in [0.5, 0.6) is 0 Å². The Morgan fingerprint density at radius 2 is 2.37 bits per heavy atom. The quantitative estimate of drug-likeness (QED) is 0.653. The number of hydrogen-bond acceptors (Lipinski definition) is 5. The van der Waals surface area contributed by atoms with Crippen molar-refractivity contribution in [2.24, 2.45) is 0 Å². The molecule has 2 rings (SSSR count). The minimum Gasteiger partial charge on any atom is -0.459 e. The Morgan fingerprint density at radius 3 is 3.11 bits per heavy atom. The van der Waals surface area contributed by atoms with E-state index in [9.17, 15) is 4.79 Å². The maximum absolute atomic E-state index is 12.0. The van der Waals surface area contributed by atoms with E-state index in [0.29, 0.717) is 17.9 Å². The predicted octanol–water partition coefficient (Wildman–Crippen LogP) is 1.06. The fourth-order valence-corrected chi connectivity index (χ4v) is 2.09. The Kier molecular flexibility index (Phi) is 4.39. The third kappa shape index (κ3) is 3.45. The Morgan fingerprint density at radius 1 is 1.58 bits per heavy atom. The third-order valence-corrected chi connectivity index (χ3v) is 3.34. The summed E-state index contributed by atoms with van der Waals surface area (Å²) in [5.74, 6) is -0.346. The van der Waals surface area contributed by atoms with Gasteiger partial charge >= 0.3 is 5.97 Å². The van der Waals surface area contributed by atoms with E-state index >= 15 is 0 Å². The average Bonchev–Trinajstić information content (AvgIpc) is 2.39. The highest BCUT2D eigenvalue weighted by Gasteiger charge is 2.20. The van der Waals surface area contributed by atoms with Crippen molar-refractivity contribution in [1.29, 1.82) is 0 Å². The number of likely N-dealkylation sites (N-methyl/N-ethyl adjacent to an activating group) is 1. The van der Waals surface area contributed by atoms with E-state index in [2.05, 4.69) is 4.90 Å². The van der Waals surface area contributed by atoms with Crippen LogP contribution in [0, 0.1) is 6.92 Å². The SMILES string of the molecule is Cc1c(N)cccc1C(=O)OCC1CN(C)CCO1. The number of hydrogen-bond donors (Lipinski definition) is 1. The van der Waals surface area contributed by atoms with Crippen molar-refractivity contribution in [1.82, 2.24) is 4.90 Å². The van der Waals surface area contributed by atoms with Crippen LogP contribution in [0.25, 0.3) is 0 Å². The molecule has 1 unspecified atom stereocenters. The van der Waals surface area contributed by atoms with Gasteiger partial charge in [0.1, 0.15) is 12.7 Å². The zero-order chi connectivity index (χ0) is 13.8. The maximum Gasteiger partial charge on any atom is 0.338 e. The zero-order valence-corrected chi connectivity index (χ0v) is 11.4. The van der Waals surface area contributed by atoms with Crippen molar-refractivity contribution < 1.29 is 14.3 Å². The van der Waals surface area contributed by atoms with E-state index < -0.39 is 0 Å². The van der Waals surface area contributed by atoms with Gasteiger partial charge in [-0.25, -0.2) is 4.79 Å². The molecule has 1 fully saturated rings. The van der Waals surface area contributed by atoms with E-state index in [-0.39, 0.29) is 18.7 Å². The van der Waals surface area contributed by atoms with Crippen LogP contribution in [-0.2, 0) is 9.47 Å². The minimum absolute atomic E-state index is 0.0518. The largest absolute Gasteiger partial charge is 0.459 e. The minimum atomic E-state index is -0.346. The topological polar surface area (TPSA) is 64.8 Å². The Bertz CT molecular complexity index is 462. The van der Waals surface area contributed by atoms with Crippen LogP contribution in [0.15, 0.2) is 18.2 Å². The molecular formula is C14H20N2O3. The van der Waals surface area contributed by atoms with Crippen LogP contribution in [0.1, 0.15) is 15.9 Å². The van der Waals surface area contributed by atoms with Crippen LogP contribution in [0.2, 0.25) is 0 Å². The maximum atomic E-state index is 12.0. The first-order valence-corrected chi connectivity index (χ1v) is 6.40. The molecule has 0 aliphatic carbocycles. The number of anilines is 1. The number of nitrogens with two attached hydrogens (primary N) is 1. The number of nitrogens with zero attached hydrogens (tertiary/aromatic N) is 1. The fourth-order valence-electron chi connectivity index (χ4n) is 2.09. The van der Waals surface area contributed by atoms with Crippen molar-refractivity contribution in [3.63, 3.8) is 0 Å². The first-order chi connectivity index (χ1) is 9.08. The monoisotopic (exact) mass is 264 g/mol. The molecule has 0 aromatic heterocycles. The molecule has 5 nitrogen and oxygen atoms in total. The van der Waals surface area contributed by atoms with Gasteiger partial charge in [-0.15, -0.1) is 0 Å². The lowest BCUT2D eigenvalue weighted by atomic mass is 10.1. The molecule has 5 heteroatoms. The van der Waals surface area contributed by atoms with Gasteiger partial charge in [0, 0.05) is 18.8 Å². The summed E-state index contributed by atoms with van der Waals surface area (Å²) < 4.78 is 10.9. The standard InChI is InChI=1S/C14H20N2O3/c1-10-12(4-3-5-13(10)15)14(17)19-9-11-8-16(2)6-7-18-11/h3-5,11H,6-9,15H2,1-2H3. The third-order valence-electron chi connectivity index (χ3n) is 3.34. The molecule has 1 aliphatic rings. The van der Waals surface area contributed by atoms with Crippen LogP contribution in [0.4, 0.5) is 5.69 Å². The zero-order valence-electron chi connectivity index (χ0n) is 11.4. The molecule has 1 saturated heterocycles. The predicted molar refractivity (Wildman–Crippen MR) is 73.1 cm³/mol. The van der Waals surface area contributed by atoms with Gasteiger partial charge in [0.05, 0.1) is 12.2 Å². The number of morpholine rings is 1. The molecule has 19 heavy (non-hydrogen) atoms. The van der Waals surface area contributed by atoms with E-state index in [4.69, 9.17) is 15.2 Å². The Labute approximate surface area is 113 Å². The molecule has 1 aromatic rings. The van der Waals surface area contributed by atoms with Gasteiger partial charge in [0.15, 0.2) is 0 Å². The lowest BCUT2D eigenvalue weighted by molar-refractivity contribution is -0.0528. The summed E-state index contributed by atoms with van der Waals surface area (Å²) in [5.41, 5.74) is 7.65. The number of nitrogen functional groups attached to an aromatic ring is 1. The summed E-state index contributed by atoms with van der Waals surface area (Å²) in [4.78, 5) is 14.2. The summed E-state index contributed by atoms with van der Waals surface area (Å²) in [5, 5.41) is 0.